The fourth-order valence-corrected chi connectivity index (χ4v) is 3.21. The standard InChI is InChI=1S/C15H19ClN2O2S/c1-3-18(6-7-19)9-13-14(17-15(20)21-13)11-4-5-12(16)10(2)8-11/h4-5,8,19H,3,6-7,9H2,1-2H3,(H,17,20). The van der Waals surface area contributed by atoms with Crippen molar-refractivity contribution in [2.45, 2.75) is 20.4 Å². The minimum absolute atomic E-state index is 0.0624. The normalized spacial score (nSPS) is 11.3. The zero-order chi connectivity index (χ0) is 15.4. The molecular weight excluding hydrogens is 308 g/mol. The molecule has 1 aromatic carbocycles. The first kappa shape index (κ1) is 16.2. The van der Waals surface area contributed by atoms with E-state index in [2.05, 4.69) is 9.88 Å². The van der Waals surface area contributed by atoms with E-state index in [1.54, 1.807) is 0 Å². The monoisotopic (exact) mass is 326 g/mol. The maximum Gasteiger partial charge on any atom is 0.305 e. The van der Waals surface area contributed by atoms with E-state index in [0.29, 0.717) is 18.1 Å². The molecule has 0 aliphatic heterocycles. The summed E-state index contributed by atoms with van der Waals surface area (Å²) < 4.78 is 0. The minimum Gasteiger partial charge on any atom is -0.395 e. The third kappa shape index (κ3) is 3.95. The van der Waals surface area contributed by atoms with Crippen LogP contribution in [0.5, 0.6) is 0 Å². The van der Waals surface area contributed by atoms with Crippen molar-refractivity contribution in [3.05, 3.63) is 43.3 Å². The van der Waals surface area contributed by atoms with E-state index in [-0.39, 0.29) is 11.5 Å². The molecule has 1 heterocycles. The van der Waals surface area contributed by atoms with Crippen LogP contribution in [0.15, 0.2) is 23.0 Å². The average molecular weight is 327 g/mol. The number of aromatic amines is 1. The number of aliphatic hydroxyl groups is 1. The van der Waals surface area contributed by atoms with Gasteiger partial charge in [-0.25, -0.2) is 0 Å². The molecule has 0 aliphatic rings. The zero-order valence-electron chi connectivity index (χ0n) is 12.1. The second kappa shape index (κ2) is 7.22. The smallest absolute Gasteiger partial charge is 0.305 e. The lowest BCUT2D eigenvalue weighted by Gasteiger charge is -2.18. The van der Waals surface area contributed by atoms with Crippen LogP contribution in [0.2, 0.25) is 5.02 Å². The van der Waals surface area contributed by atoms with Gasteiger partial charge in [0.05, 0.1) is 12.3 Å². The molecule has 21 heavy (non-hydrogen) atoms. The van der Waals surface area contributed by atoms with E-state index in [4.69, 9.17) is 16.7 Å². The fourth-order valence-electron chi connectivity index (χ4n) is 2.20. The molecule has 0 aliphatic carbocycles. The highest BCUT2D eigenvalue weighted by Gasteiger charge is 2.14. The number of nitrogens with one attached hydrogen (secondary N) is 1. The number of likely N-dealkylation sites (N-methyl/N-ethyl adjacent to an activating group) is 1. The summed E-state index contributed by atoms with van der Waals surface area (Å²) in [5.74, 6) is 0. The highest BCUT2D eigenvalue weighted by Crippen LogP contribution is 2.27. The van der Waals surface area contributed by atoms with Gasteiger partial charge in [-0.05, 0) is 36.7 Å². The Morgan fingerprint density at radius 2 is 2.19 bits per heavy atom. The van der Waals surface area contributed by atoms with Crippen molar-refractivity contribution in [3.8, 4) is 11.3 Å². The second-order valence-electron chi connectivity index (χ2n) is 4.87. The van der Waals surface area contributed by atoms with Crippen LogP contribution < -0.4 is 4.87 Å². The Labute approximate surface area is 133 Å². The van der Waals surface area contributed by atoms with Gasteiger partial charge in [0, 0.05) is 23.0 Å². The minimum atomic E-state index is -0.0624. The van der Waals surface area contributed by atoms with Crippen molar-refractivity contribution < 1.29 is 5.11 Å². The van der Waals surface area contributed by atoms with Gasteiger partial charge in [0.25, 0.3) is 0 Å². The van der Waals surface area contributed by atoms with Crippen molar-refractivity contribution >= 4 is 22.9 Å². The molecule has 4 nitrogen and oxygen atoms in total. The molecule has 0 saturated heterocycles. The Bertz CT molecular complexity index is 666. The molecule has 0 bridgehead atoms. The quantitative estimate of drug-likeness (QED) is 0.858. The van der Waals surface area contributed by atoms with Crippen molar-refractivity contribution in [1.29, 1.82) is 0 Å². The number of hydrogen-bond acceptors (Lipinski definition) is 4. The third-order valence-electron chi connectivity index (χ3n) is 3.40. The summed E-state index contributed by atoms with van der Waals surface area (Å²) >= 11 is 7.28. The number of thiazole rings is 1. The highest BCUT2D eigenvalue weighted by molar-refractivity contribution is 7.09. The number of aryl methyl sites for hydroxylation is 1. The van der Waals surface area contributed by atoms with Crippen LogP contribution in [-0.2, 0) is 6.54 Å². The molecular formula is C15H19ClN2O2S. The summed E-state index contributed by atoms with van der Waals surface area (Å²) in [7, 11) is 0. The molecule has 0 atom stereocenters. The number of aliphatic hydroxyl groups excluding tert-OH is 1. The van der Waals surface area contributed by atoms with Gasteiger partial charge in [-0.1, -0.05) is 35.9 Å². The Hall–Kier alpha value is -1.14. The van der Waals surface area contributed by atoms with Gasteiger partial charge in [-0.2, -0.15) is 0 Å². The Morgan fingerprint density at radius 3 is 2.81 bits per heavy atom. The fraction of sp³-hybridized carbons (Fsp3) is 0.400. The lowest BCUT2D eigenvalue weighted by molar-refractivity contribution is 0.198. The maximum absolute atomic E-state index is 11.7. The Kier molecular flexibility index (Phi) is 5.58. The van der Waals surface area contributed by atoms with Crippen molar-refractivity contribution in [2.75, 3.05) is 19.7 Å². The number of rotatable bonds is 6. The molecule has 2 aromatic rings. The van der Waals surface area contributed by atoms with Gasteiger partial charge in [0.2, 0.25) is 0 Å². The van der Waals surface area contributed by atoms with Crippen molar-refractivity contribution in [1.82, 2.24) is 9.88 Å². The van der Waals surface area contributed by atoms with E-state index in [1.165, 1.54) is 11.3 Å². The van der Waals surface area contributed by atoms with Crippen LogP contribution in [0.3, 0.4) is 0 Å². The molecule has 0 spiro atoms. The maximum atomic E-state index is 11.7. The number of aromatic nitrogens is 1. The largest absolute Gasteiger partial charge is 0.395 e. The highest BCUT2D eigenvalue weighted by atomic mass is 35.5. The van der Waals surface area contributed by atoms with E-state index < -0.39 is 0 Å². The van der Waals surface area contributed by atoms with Crippen LogP contribution in [0.4, 0.5) is 0 Å². The van der Waals surface area contributed by atoms with Gasteiger partial charge in [0.1, 0.15) is 0 Å². The molecule has 2 rings (SSSR count). The summed E-state index contributed by atoms with van der Waals surface area (Å²) in [6.07, 6.45) is 0. The van der Waals surface area contributed by atoms with Gasteiger partial charge >= 0.3 is 4.87 Å². The molecule has 0 amide bonds. The van der Waals surface area contributed by atoms with Crippen molar-refractivity contribution in [3.63, 3.8) is 0 Å². The molecule has 0 radical (unpaired) electrons. The lowest BCUT2D eigenvalue weighted by Crippen LogP contribution is -2.25. The van der Waals surface area contributed by atoms with Crippen LogP contribution in [0, 0.1) is 6.92 Å². The van der Waals surface area contributed by atoms with Gasteiger partial charge in [0.15, 0.2) is 0 Å². The average Bonchev–Trinajstić information content (AvgIpc) is 2.82. The third-order valence-corrected chi connectivity index (χ3v) is 4.69. The predicted octanol–water partition coefficient (Wildman–Crippen LogP) is 2.88. The SMILES string of the molecule is CCN(CCO)Cc1sc(=O)[nH]c1-c1ccc(Cl)c(C)c1. The molecule has 0 fully saturated rings. The molecule has 0 unspecified atom stereocenters. The first-order chi connectivity index (χ1) is 10.0. The number of halogens is 1. The summed E-state index contributed by atoms with van der Waals surface area (Å²) in [4.78, 5) is 17.7. The summed E-state index contributed by atoms with van der Waals surface area (Å²) in [5.41, 5.74) is 2.79. The van der Waals surface area contributed by atoms with Crippen LogP contribution >= 0.6 is 22.9 Å². The van der Waals surface area contributed by atoms with Gasteiger partial charge < -0.3 is 10.1 Å². The molecule has 0 saturated carbocycles. The summed E-state index contributed by atoms with van der Waals surface area (Å²) in [6.45, 7) is 6.17. The molecule has 6 heteroatoms. The molecule has 2 N–H and O–H groups in total. The van der Waals surface area contributed by atoms with E-state index in [0.717, 1.165) is 28.2 Å². The lowest BCUT2D eigenvalue weighted by atomic mass is 10.1. The second-order valence-corrected chi connectivity index (χ2v) is 6.34. The topological polar surface area (TPSA) is 56.3 Å². The van der Waals surface area contributed by atoms with Crippen LogP contribution in [0.25, 0.3) is 11.3 Å². The Morgan fingerprint density at radius 1 is 1.43 bits per heavy atom. The summed E-state index contributed by atoms with van der Waals surface area (Å²) in [5, 5.41) is 9.80. The van der Waals surface area contributed by atoms with E-state index in [1.807, 2.05) is 32.0 Å². The summed E-state index contributed by atoms with van der Waals surface area (Å²) in [6, 6.07) is 5.74. The van der Waals surface area contributed by atoms with Crippen LogP contribution in [-0.4, -0.2) is 34.7 Å². The molecule has 1 aromatic heterocycles. The number of hydrogen-bond donors (Lipinski definition) is 2. The first-order valence-electron chi connectivity index (χ1n) is 6.86. The Balaban J connectivity index is 2.36. The number of nitrogens with zero attached hydrogens (tertiary/aromatic N) is 1. The number of H-pyrrole nitrogens is 1. The van der Waals surface area contributed by atoms with Crippen LogP contribution in [0.1, 0.15) is 17.4 Å². The predicted molar refractivity (Wildman–Crippen MR) is 88.2 cm³/mol. The number of benzene rings is 1. The van der Waals surface area contributed by atoms with Gasteiger partial charge in [-0.15, -0.1) is 0 Å². The van der Waals surface area contributed by atoms with E-state index in [9.17, 15) is 4.79 Å². The molecule has 114 valence electrons. The van der Waals surface area contributed by atoms with E-state index >= 15 is 0 Å². The zero-order valence-corrected chi connectivity index (χ0v) is 13.7. The first-order valence-corrected chi connectivity index (χ1v) is 8.06. The van der Waals surface area contributed by atoms with Gasteiger partial charge in [-0.3, -0.25) is 9.69 Å². The van der Waals surface area contributed by atoms with Crippen molar-refractivity contribution in [2.24, 2.45) is 0 Å².